The molecule has 1 unspecified atom stereocenters. The van der Waals surface area contributed by atoms with E-state index in [0.29, 0.717) is 0 Å². The maximum Gasteiger partial charge on any atom is 0.170 e. The quantitative estimate of drug-likeness (QED) is 0.648. The molecule has 0 amide bonds. The van der Waals surface area contributed by atoms with E-state index in [1.54, 1.807) is 0 Å². The third-order valence-electron chi connectivity index (χ3n) is 3.87. The smallest absolute Gasteiger partial charge is 0.170 e. The fourth-order valence-corrected chi connectivity index (χ4v) is 2.53. The number of hydrogen-bond donors (Lipinski definition) is 0. The number of fused-ring (bicyclic) bond motifs is 1. The van der Waals surface area contributed by atoms with E-state index < -0.39 is 0 Å². The predicted molar refractivity (Wildman–Crippen MR) is 81.5 cm³/mol. The highest BCUT2D eigenvalue weighted by molar-refractivity contribution is 6.05. The van der Waals surface area contributed by atoms with Crippen LogP contribution in [-0.2, 0) is 5.41 Å². The summed E-state index contributed by atoms with van der Waals surface area (Å²) in [6.07, 6.45) is 4.18. The number of Topliss-reactive ketones (excluding diaryl/α,β-unsaturated/α-hetero) is 1. The molecule has 0 saturated heterocycles. The van der Waals surface area contributed by atoms with Gasteiger partial charge in [-0.3, -0.25) is 4.79 Å². The number of carbonyl (C=O) groups is 1. The van der Waals surface area contributed by atoms with Gasteiger partial charge in [-0.25, -0.2) is 0 Å². The largest absolute Gasteiger partial charge is 0.293 e. The fourth-order valence-electron chi connectivity index (χ4n) is 2.53. The molecule has 102 valence electrons. The zero-order valence-corrected chi connectivity index (χ0v) is 12.9. The number of allylic oxidation sites excluding steroid dienone is 1. The van der Waals surface area contributed by atoms with Crippen molar-refractivity contribution >= 4 is 11.9 Å². The van der Waals surface area contributed by atoms with E-state index in [1.807, 2.05) is 6.07 Å². The van der Waals surface area contributed by atoms with Crippen LogP contribution in [0.25, 0.3) is 6.08 Å². The van der Waals surface area contributed by atoms with Crippen molar-refractivity contribution in [3.8, 4) is 0 Å². The molecule has 0 bridgehead atoms. The van der Waals surface area contributed by atoms with E-state index in [-0.39, 0.29) is 22.5 Å². The summed E-state index contributed by atoms with van der Waals surface area (Å²) in [6.45, 7) is 12.9. The van der Waals surface area contributed by atoms with E-state index in [0.717, 1.165) is 11.1 Å². The average molecular weight is 256 g/mol. The lowest BCUT2D eigenvalue weighted by Gasteiger charge is -2.30. The van der Waals surface area contributed by atoms with Gasteiger partial charge in [0.05, 0.1) is 0 Å². The van der Waals surface area contributed by atoms with Gasteiger partial charge in [0.2, 0.25) is 0 Å². The van der Waals surface area contributed by atoms with Gasteiger partial charge in [-0.1, -0.05) is 71.9 Å². The number of benzene rings is 1. The molecule has 0 aliphatic heterocycles. The lowest BCUT2D eigenvalue weighted by Crippen LogP contribution is -2.29. The molecule has 0 N–H and O–H groups in total. The third kappa shape index (κ3) is 2.65. The van der Waals surface area contributed by atoms with Gasteiger partial charge in [0, 0.05) is 11.5 Å². The molecule has 0 radical (unpaired) electrons. The maximum absolute atomic E-state index is 12.6. The summed E-state index contributed by atoms with van der Waals surface area (Å²) >= 11 is 0. The Bertz CT molecular complexity index is 536. The molecule has 1 aliphatic rings. The Labute approximate surface area is 116 Å². The molecular formula is C18H24O. The minimum absolute atomic E-state index is 0.0134. The van der Waals surface area contributed by atoms with Gasteiger partial charge in [-0.05, 0) is 22.0 Å². The highest BCUT2D eigenvalue weighted by atomic mass is 16.1. The fraction of sp³-hybridized carbons (Fsp3) is 0.500. The van der Waals surface area contributed by atoms with Crippen LogP contribution in [0.3, 0.4) is 0 Å². The summed E-state index contributed by atoms with van der Waals surface area (Å²) in [5.41, 5.74) is 3.31. The van der Waals surface area contributed by atoms with Crippen molar-refractivity contribution in [1.82, 2.24) is 0 Å². The molecule has 1 heteroatoms. The van der Waals surface area contributed by atoms with E-state index >= 15 is 0 Å². The second kappa shape index (κ2) is 4.33. The third-order valence-corrected chi connectivity index (χ3v) is 3.87. The predicted octanol–water partition coefficient (Wildman–Crippen LogP) is 4.86. The van der Waals surface area contributed by atoms with Crippen LogP contribution < -0.4 is 0 Å². The maximum atomic E-state index is 12.6. The molecule has 2 rings (SSSR count). The van der Waals surface area contributed by atoms with Crippen molar-refractivity contribution in [2.45, 2.75) is 47.0 Å². The highest BCUT2D eigenvalue weighted by Crippen LogP contribution is 2.36. The van der Waals surface area contributed by atoms with Crippen molar-refractivity contribution < 1.29 is 4.79 Å². The van der Waals surface area contributed by atoms with Crippen LogP contribution in [-0.4, -0.2) is 5.78 Å². The van der Waals surface area contributed by atoms with E-state index in [1.165, 1.54) is 5.56 Å². The van der Waals surface area contributed by atoms with Gasteiger partial charge in [0.1, 0.15) is 0 Å². The van der Waals surface area contributed by atoms with Gasteiger partial charge in [-0.2, -0.15) is 0 Å². The van der Waals surface area contributed by atoms with Gasteiger partial charge in [0.25, 0.3) is 0 Å². The van der Waals surface area contributed by atoms with Crippen LogP contribution >= 0.6 is 0 Å². The molecule has 1 aliphatic carbocycles. The average Bonchev–Trinajstić information content (AvgIpc) is 2.26. The lowest BCUT2D eigenvalue weighted by atomic mass is 9.72. The first-order chi connectivity index (χ1) is 8.60. The van der Waals surface area contributed by atoms with E-state index in [9.17, 15) is 4.79 Å². The summed E-state index contributed by atoms with van der Waals surface area (Å²) in [5.74, 6) is 0.242. The first-order valence-electron chi connectivity index (χ1n) is 6.97. The van der Waals surface area contributed by atoms with Gasteiger partial charge >= 0.3 is 0 Å². The number of ketones is 1. The molecular weight excluding hydrogens is 232 g/mol. The normalized spacial score (nSPS) is 19.5. The van der Waals surface area contributed by atoms with E-state index in [2.05, 4.69) is 65.8 Å². The van der Waals surface area contributed by atoms with Gasteiger partial charge in [0.15, 0.2) is 5.78 Å². The number of rotatable bonds is 0. The molecule has 19 heavy (non-hydrogen) atoms. The Morgan fingerprint density at radius 2 is 1.63 bits per heavy atom. The standard InChI is InChI=1S/C18H24O/c1-17(2,3)13-8-9-14-12(11-13)7-10-15(16(14)19)18(4,5)6/h7-11,15H,1-6H3. The van der Waals surface area contributed by atoms with Gasteiger partial charge < -0.3 is 0 Å². The van der Waals surface area contributed by atoms with Gasteiger partial charge in [-0.15, -0.1) is 0 Å². The Hall–Kier alpha value is -1.37. The summed E-state index contributed by atoms with van der Waals surface area (Å²) in [7, 11) is 0. The van der Waals surface area contributed by atoms with Crippen LogP contribution in [0.1, 0.15) is 63.0 Å². The summed E-state index contributed by atoms with van der Waals surface area (Å²) in [5, 5.41) is 0. The van der Waals surface area contributed by atoms with Crippen molar-refractivity contribution in [2.24, 2.45) is 11.3 Å². The van der Waals surface area contributed by atoms with Crippen LogP contribution in [0.2, 0.25) is 0 Å². The van der Waals surface area contributed by atoms with E-state index in [4.69, 9.17) is 0 Å². The first kappa shape index (κ1) is 14.0. The molecule has 0 saturated carbocycles. The van der Waals surface area contributed by atoms with Crippen molar-refractivity contribution in [3.05, 3.63) is 41.0 Å². The monoisotopic (exact) mass is 256 g/mol. The second-order valence-corrected chi connectivity index (χ2v) is 7.62. The number of hydrogen-bond acceptors (Lipinski definition) is 1. The summed E-state index contributed by atoms with van der Waals surface area (Å²) in [4.78, 5) is 12.6. The van der Waals surface area contributed by atoms with Crippen molar-refractivity contribution in [1.29, 1.82) is 0 Å². The molecule has 1 atom stereocenters. The molecule has 0 heterocycles. The topological polar surface area (TPSA) is 17.1 Å². The minimum Gasteiger partial charge on any atom is -0.293 e. The van der Waals surface area contributed by atoms with Crippen molar-refractivity contribution in [2.75, 3.05) is 0 Å². The van der Waals surface area contributed by atoms with Crippen molar-refractivity contribution in [3.63, 3.8) is 0 Å². The zero-order valence-electron chi connectivity index (χ0n) is 12.9. The second-order valence-electron chi connectivity index (χ2n) is 7.62. The molecule has 0 spiro atoms. The lowest BCUT2D eigenvalue weighted by molar-refractivity contribution is 0.0868. The molecule has 1 aromatic rings. The molecule has 1 nitrogen and oxygen atoms in total. The van der Waals surface area contributed by atoms with Crippen LogP contribution in [0.15, 0.2) is 24.3 Å². The zero-order chi connectivity index (χ0) is 14.4. The Kier molecular flexibility index (Phi) is 3.20. The Morgan fingerprint density at radius 3 is 2.16 bits per heavy atom. The minimum atomic E-state index is -0.0199. The van der Waals surface area contributed by atoms with Crippen LogP contribution in [0.4, 0.5) is 0 Å². The first-order valence-corrected chi connectivity index (χ1v) is 6.97. The van der Waals surface area contributed by atoms with Crippen LogP contribution in [0.5, 0.6) is 0 Å². The Morgan fingerprint density at radius 1 is 1.00 bits per heavy atom. The number of carbonyl (C=O) groups excluding carboxylic acids is 1. The summed E-state index contributed by atoms with van der Waals surface area (Å²) in [6, 6.07) is 6.25. The Balaban J connectivity index is 2.46. The van der Waals surface area contributed by atoms with Crippen LogP contribution in [0, 0.1) is 11.3 Å². The molecule has 0 aromatic heterocycles. The molecule has 1 aromatic carbocycles. The summed E-state index contributed by atoms with van der Waals surface area (Å²) < 4.78 is 0. The molecule has 0 fully saturated rings. The SMILES string of the molecule is CC(C)(C)c1ccc2c(c1)C=CC(C(C)(C)C)C2=O. The highest BCUT2D eigenvalue weighted by Gasteiger charge is 2.33.